The minimum Gasteiger partial charge on any atom is -0.246 e. The Hall–Kier alpha value is -1.36. The molecule has 6 rings (SSSR count). The molecule has 2 aromatic rings. The highest BCUT2D eigenvalue weighted by molar-refractivity contribution is 5.77. The first-order valence-corrected chi connectivity index (χ1v) is 16.1. The molecule has 1 radical (unpaired) electrons. The monoisotopic (exact) mass is 572 g/mol. The molecule has 0 amide bonds. The average Bonchev–Trinajstić information content (AvgIpc) is 2.75. The van der Waals surface area contributed by atoms with Crippen molar-refractivity contribution < 1.29 is 28.1 Å². The maximum atomic E-state index is 13.9. The summed E-state index contributed by atoms with van der Waals surface area (Å²) in [5, 5.41) is 0. The van der Waals surface area contributed by atoms with E-state index in [1.54, 1.807) is 0 Å². The van der Waals surface area contributed by atoms with E-state index in [4.69, 9.17) is 3.07 Å². The molecule has 0 unspecified atom stereocenters. The Morgan fingerprint density at radius 2 is 1.06 bits per heavy atom. The fraction of sp³-hybridized carbons (Fsp3) is 0.581. The number of hydrogen-bond acceptors (Lipinski definition) is 2. The quantitative estimate of drug-likeness (QED) is 0.500. The van der Waals surface area contributed by atoms with E-state index in [0.29, 0.717) is 0 Å². The van der Waals surface area contributed by atoms with Crippen molar-refractivity contribution in [1.82, 2.24) is 0 Å². The lowest BCUT2D eigenvalue weighted by atomic mass is 9.49. The Balaban J connectivity index is 1.46. The van der Waals surface area contributed by atoms with Gasteiger partial charge in [0.25, 0.3) is 0 Å². The summed E-state index contributed by atoms with van der Waals surface area (Å²) in [5.41, 5.74) is 2.66. The molecule has 34 heavy (non-hydrogen) atoms. The van der Waals surface area contributed by atoms with E-state index in [1.807, 2.05) is 0 Å². The highest BCUT2D eigenvalue weighted by Gasteiger charge is 2.57. The molecule has 0 heterocycles. The zero-order valence-corrected chi connectivity index (χ0v) is 23.9. The van der Waals surface area contributed by atoms with Crippen LogP contribution in [-0.4, -0.2) is 5.97 Å². The molecule has 4 aliphatic carbocycles. The molecule has 4 fully saturated rings. The second-order valence-electron chi connectivity index (χ2n) is 13.3. The number of carbonyl (C=O) groups is 1. The molecule has 2 aromatic carbocycles. The first-order valence-electron chi connectivity index (χ1n) is 13.1. The van der Waals surface area contributed by atoms with Gasteiger partial charge in [-0.15, -0.1) is 0 Å². The largest absolute Gasteiger partial charge is 0.366 e. The summed E-state index contributed by atoms with van der Waals surface area (Å²) in [6.45, 7) is 13.5. The molecule has 2 nitrogen and oxygen atoms in total. The van der Waals surface area contributed by atoms with Gasteiger partial charge in [-0.3, -0.25) is 0 Å². The average molecular weight is 573 g/mol. The second kappa shape index (κ2) is 8.64. The fourth-order valence-electron chi connectivity index (χ4n) is 6.86. The van der Waals surface area contributed by atoms with Crippen molar-refractivity contribution in [2.75, 3.05) is 0 Å². The third-order valence-corrected chi connectivity index (χ3v) is 13.0. The first kappa shape index (κ1) is 24.3. The lowest BCUT2D eigenvalue weighted by Crippen LogP contribution is -3.85. The molecule has 0 spiro atoms. The maximum absolute atomic E-state index is 13.9. The van der Waals surface area contributed by atoms with Gasteiger partial charge in [0.1, 0.15) is 0 Å². The summed E-state index contributed by atoms with van der Waals surface area (Å²) < 4.78 is 9.12. The van der Waals surface area contributed by atoms with Gasteiger partial charge in [-0.2, -0.15) is 0 Å². The van der Waals surface area contributed by atoms with Crippen LogP contribution in [0.2, 0.25) is 0 Å². The van der Waals surface area contributed by atoms with Crippen molar-refractivity contribution in [2.24, 2.45) is 23.2 Å². The summed E-state index contributed by atoms with van der Waals surface area (Å²) in [4.78, 5) is 13.9. The van der Waals surface area contributed by atoms with Crippen LogP contribution in [0.25, 0.3) is 0 Å². The molecule has 183 valence electrons. The van der Waals surface area contributed by atoms with Crippen LogP contribution in [0.4, 0.5) is 0 Å². The van der Waals surface area contributed by atoms with Gasteiger partial charge in [0.05, 0.1) is 5.41 Å². The van der Waals surface area contributed by atoms with Gasteiger partial charge in [-0.25, -0.2) is 7.86 Å². The minimum atomic E-state index is -2.37. The third kappa shape index (κ3) is 4.70. The number of carbonyl (C=O) groups excluding carboxylic acids is 1. The van der Waals surface area contributed by atoms with E-state index < -0.39 is 20.2 Å². The normalized spacial score (nSPS) is 28.4. The molecule has 4 aliphatic rings. The summed E-state index contributed by atoms with van der Waals surface area (Å²) >= 11 is -2.37. The maximum Gasteiger partial charge on any atom is 0.366 e. The predicted octanol–water partition coefficient (Wildman–Crippen LogP) is 4.62. The van der Waals surface area contributed by atoms with Gasteiger partial charge in [-0.05, 0) is 103 Å². The van der Waals surface area contributed by atoms with Crippen LogP contribution in [-0.2, 0) is 18.7 Å². The first-order chi connectivity index (χ1) is 15.9. The van der Waals surface area contributed by atoms with Crippen molar-refractivity contribution in [3.05, 3.63) is 66.8 Å². The zero-order chi connectivity index (χ0) is 24.3. The molecule has 3 heteroatoms. The number of halogens is 1. The fourth-order valence-corrected chi connectivity index (χ4v) is 11.0. The summed E-state index contributed by atoms with van der Waals surface area (Å²) in [6.07, 6.45) is 7.22. The Labute approximate surface area is 214 Å². The second-order valence-corrected chi connectivity index (χ2v) is 17.7. The SMILES string of the molecule is CC(C)(C)c1ccc([I+](OC(=O)C23CC4CC(CC(C4)C2)C3)c2ccc(C(C)(C)C)cc2)cc1. The highest BCUT2D eigenvalue weighted by atomic mass is 127. The molecule has 4 bridgehead atoms. The van der Waals surface area contributed by atoms with Gasteiger partial charge in [0, 0.05) is 0 Å². The number of rotatable bonds is 4. The van der Waals surface area contributed by atoms with Crippen molar-refractivity contribution in [1.29, 1.82) is 0 Å². The molecular weight excluding hydrogens is 531 g/mol. The van der Waals surface area contributed by atoms with Crippen LogP contribution in [0, 0.1) is 30.3 Å². The standard InChI is InChI=1S/C31H41IO2/c1-29(2,3)24-7-11-26(12-8-24)32(27-13-9-25(10-14-27)30(4,5)6)34-28(33)31-18-21-15-22(19-31)17-23(16-21)20-31/h7-14,21-23H,15-20H2,1-6H3/q+1. The smallest absolute Gasteiger partial charge is 0.246 e. The van der Waals surface area contributed by atoms with Crippen LogP contribution >= 0.6 is 0 Å². The lowest BCUT2D eigenvalue weighted by molar-refractivity contribution is -1.04. The van der Waals surface area contributed by atoms with Gasteiger partial charge in [0.2, 0.25) is 0 Å². The predicted molar refractivity (Wildman–Crippen MR) is 134 cm³/mol. The van der Waals surface area contributed by atoms with Crippen LogP contribution < -0.4 is 20.2 Å². The Morgan fingerprint density at radius 1 is 0.706 bits per heavy atom. The molecular formula is C31H41IO2+. The van der Waals surface area contributed by atoms with Gasteiger partial charge in [-0.1, -0.05) is 65.8 Å². The Morgan fingerprint density at radius 3 is 1.38 bits per heavy atom. The van der Waals surface area contributed by atoms with Crippen molar-refractivity contribution in [3.8, 4) is 0 Å². The number of hydrogen-bond donors (Lipinski definition) is 0. The van der Waals surface area contributed by atoms with Gasteiger partial charge in [0.15, 0.2) is 7.14 Å². The van der Waals surface area contributed by atoms with Crippen LogP contribution in [0.1, 0.15) is 91.2 Å². The van der Waals surface area contributed by atoms with E-state index in [1.165, 1.54) is 37.5 Å². The van der Waals surface area contributed by atoms with E-state index in [9.17, 15) is 4.79 Å². The zero-order valence-electron chi connectivity index (χ0n) is 21.8. The van der Waals surface area contributed by atoms with E-state index in [2.05, 4.69) is 90.1 Å². The van der Waals surface area contributed by atoms with Crippen molar-refractivity contribution in [3.63, 3.8) is 0 Å². The molecule has 0 atom stereocenters. The highest BCUT2D eigenvalue weighted by Crippen LogP contribution is 2.60. The number of benzene rings is 2. The van der Waals surface area contributed by atoms with Crippen molar-refractivity contribution >= 4 is 5.97 Å². The van der Waals surface area contributed by atoms with Gasteiger partial charge < -0.3 is 0 Å². The lowest BCUT2D eigenvalue weighted by Gasteiger charge is -2.54. The Kier molecular flexibility index (Phi) is 6.18. The van der Waals surface area contributed by atoms with Crippen LogP contribution in [0.15, 0.2) is 48.5 Å². The molecule has 0 N–H and O–H groups in total. The summed E-state index contributed by atoms with van der Waals surface area (Å²) in [6, 6.07) is 17.9. The van der Waals surface area contributed by atoms with E-state index in [0.717, 1.165) is 37.0 Å². The summed E-state index contributed by atoms with van der Waals surface area (Å²) in [7, 11) is 0. The summed E-state index contributed by atoms with van der Waals surface area (Å²) in [5.74, 6) is 2.37. The molecule has 0 saturated heterocycles. The third-order valence-electron chi connectivity index (χ3n) is 8.44. The Bertz CT molecular complexity index is 944. The van der Waals surface area contributed by atoms with Crippen LogP contribution in [0.3, 0.4) is 0 Å². The molecule has 4 saturated carbocycles. The minimum absolute atomic E-state index is 0.113. The molecule has 0 aliphatic heterocycles. The van der Waals surface area contributed by atoms with Gasteiger partial charge >= 0.3 is 26.2 Å². The topological polar surface area (TPSA) is 26.3 Å². The van der Waals surface area contributed by atoms with Crippen molar-refractivity contribution in [2.45, 2.75) is 90.9 Å². The van der Waals surface area contributed by atoms with Crippen LogP contribution in [0.5, 0.6) is 0 Å². The van der Waals surface area contributed by atoms with E-state index in [-0.39, 0.29) is 22.2 Å². The molecule has 0 aromatic heterocycles. The van der Waals surface area contributed by atoms with E-state index >= 15 is 0 Å².